The summed E-state index contributed by atoms with van der Waals surface area (Å²) in [5.41, 5.74) is 0.483. The lowest BCUT2D eigenvalue weighted by Gasteiger charge is -2.30. The summed E-state index contributed by atoms with van der Waals surface area (Å²) in [4.78, 5) is 37.8. The summed E-state index contributed by atoms with van der Waals surface area (Å²) in [6, 6.07) is 5.71. The van der Waals surface area contributed by atoms with Gasteiger partial charge in [-0.3, -0.25) is 19.3 Å². The highest BCUT2D eigenvalue weighted by Gasteiger charge is 2.30. The fourth-order valence-electron chi connectivity index (χ4n) is 2.33. The number of halogens is 1. The van der Waals surface area contributed by atoms with E-state index in [0.717, 1.165) is 6.08 Å². The van der Waals surface area contributed by atoms with E-state index < -0.39 is 11.8 Å². The Hall–Kier alpha value is -2.70. The van der Waals surface area contributed by atoms with Gasteiger partial charge in [0.15, 0.2) is 0 Å². The molecule has 2 rings (SSSR count). The second kappa shape index (κ2) is 7.46. The first-order valence-corrected chi connectivity index (χ1v) is 7.98. The lowest BCUT2D eigenvalue weighted by molar-refractivity contribution is -0.136. The second-order valence-electron chi connectivity index (χ2n) is 7.10. The standard InChI is InChI=1S/C18H22FN3O3/c1-18(2,3)9-16(24)22-11-21-15(23)8-14(22)17(25)20-10-12-4-6-13(19)7-5-12/h4-8H,9-11H2,1-3H3,(H,20,25)(H,21,23). The Balaban J connectivity index is 2.08. The minimum Gasteiger partial charge on any atom is -0.347 e. The van der Waals surface area contributed by atoms with E-state index in [0.29, 0.717) is 5.56 Å². The van der Waals surface area contributed by atoms with Crippen molar-refractivity contribution in [2.75, 3.05) is 6.67 Å². The molecule has 1 aromatic carbocycles. The van der Waals surface area contributed by atoms with Gasteiger partial charge in [0.25, 0.3) is 5.91 Å². The molecule has 0 spiro atoms. The molecule has 1 aromatic rings. The van der Waals surface area contributed by atoms with Crippen LogP contribution in [0.4, 0.5) is 4.39 Å². The number of hydrogen-bond donors (Lipinski definition) is 2. The number of nitrogens with zero attached hydrogens (tertiary/aromatic N) is 1. The number of amides is 3. The largest absolute Gasteiger partial charge is 0.347 e. The molecule has 134 valence electrons. The van der Waals surface area contributed by atoms with Crippen LogP contribution < -0.4 is 10.6 Å². The Morgan fingerprint density at radius 1 is 1.24 bits per heavy atom. The highest BCUT2D eigenvalue weighted by molar-refractivity contribution is 6.04. The van der Waals surface area contributed by atoms with E-state index in [1.165, 1.54) is 17.0 Å². The van der Waals surface area contributed by atoms with Gasteiger partial charge in [-0.05, 0) is 23.1 Å². The van der Waals surface area contributed by atoms with Gasteiger partial charge in [0.2, 0.25) is 11.8 Å². The third kappa shape index (κ3) is 5.41. The number of benzene rings is 1. The molecule has 0 aromatic heterocycles. The van der Waals surface area contributed by atoms with E-state index in [1.54, 1.807) is 12.1 Å². The number of nitrogens with one attached hydrogen (secondary N) is 2. The molecular weight excluding hydrogens is 325 g/mol. The second-order valence-corrected chi connectivity index (χ2v) is 7.10. The van der Waals surface area contributed by atoms with Crippen LogP contribution in [0.15, 0.2) is 36.0 Å². The highest BCUT2D eigenvalue weighted by Crippen LogP contribution is 2.22. The molecule has 0 atom stereocenters. The summed E-state index contributed by atoms with van der Waals surface area (Å²) in [5, 5.41) is 5.18. The third-order valence-electron chi connectivity index (χ3n) is 3.55. The van der Waals surface area contributed by atoms with Gasteiger partial charge in [-0.1, -0.05) is 32.9 Å². The maximum Gasteiger partial charge on any atom is 0.268 e. The van der Waals surface area contributed by atoms with Crippen LogP contribution in [0.25, 0.3) is 0 Å². The molecule has 25 heavy (non-hydrogen) atoms. The SMILES string of the molecule is CC(C)(C)CC(=O)N1CNC(=O)C=C1C(=O)NCc1ccc(F)cc1. The van der Waals surface area contributed by atoms with Crippen molar-refractivity contribution in [3.63, 3.8) is 0 Å². The van der Waals surface area contributed by atoms with Crippen molar-refractivity contribution >= 4 is 17.7 Å². The van der Waals surface area contributed by atoms with Crippen LogP contribution >= 0.6 is 0 Å². The molecule has 3 amide bonds. The van der Waals surface area contributed by atoms with Crippen LogP contribution in [0.3, 0.4) is 0 Å². The zero-order valence-corrected chi connectivity index (χ0v) is 14.6. The van der Waals surface area contributed by atoms with Crippen LogP contribution in [0, 0.1) is 11.2 Å². The molecule has 0 aliphatic carbocycles. The fraction of sp³-hybridized carbons (Fsp3) is 0.389. The number of carbonyl (C=O) groups is 3. The molecular formula is C18H22FN3O3. The summed E-state index contributed by atoms with van der Waals surface area (Å²) in [6.07, 6.45) is 1.36. The van der Waals surface area contributed by atoms with E-state index in [-0.39, 0.29) is 42.5 Å². The monoisotopic (exact) mass is 347 g/mol. The Bertz CT molecular complexity index is 705. The average Bonchev–Trinajstić information content (AvgIpc) is 2.52. The molecule has 0 fully saturated rings. The van der Waals surface area contributed by atoms with E-state index in [1.807, 2.05) is 20.8 Å². The molecule has 6 nitrogen and oxygen atoms in total. The molecule has 0 unspecified atom stereocenters. The topological polar surface area (TPSA) is 78.5 Å². The molecule has 0 radical (unpaired) electrons. The average molecular weight is 347 g/mol. The smallest absolute Gasteiger partial charge is 0.268 e. The molecule has 0 saturated carbocycles. The molecule has 7 heteroatoms. The number of rotatable bonds is 4. The summed E-state index contributed by atoms with van der Waals surface area (Å²) < 4.78 is 12.9. The maximum absolute atomic E-state index is 12.9. The molecule has 2 N–H and O–H groups in total. The number of hydrogen-bond acceptors (Lipinski definition) is 3. The first-order valence-electron chi connectivity index (χ1n) is 7.98. The van der Waals surface area contributed by atoms with Crippen LogP contribution in [0.5, 0.6) is 0 Å². The maximum atomic E-state index is 12.9. The van der Waals surface area contributed by atoms with Gasteiger partial charge in [-0.15, -0.1) is 0 Å². The molecule has 0 saturated heterocycles. The van der Waals surface area contributed by atoms with Crippen molar-refractivity contribution in [3.8, 4) is 0 Å². The number of carbonyl (C=O) groups excluding carboxylic acids is 3. The van der Waals surface area contributed by atoms with Crippen LogP contribution in [0.1, 0.15) is 32.8 Å². The van der Waals surface area contributed by atoms with Gasteiger partial charge in [0.1, 0.15) is 11.5 Å². The first-order chi connectivity index (χ1) is 11.7. The van der Waals surface area contributed by atoms with Crippen molar-refractivity contribution in [1.82, 2.24) is 15.5 Å². The zero-order chi connectivity index (χ0) is 18.6. The minimum absolute atomic E-state index is 0.0140. The quantitative estimate of drug-likeness (QED) is 0.870. The van der Waals surface area contributed by atoms with Gasteiger partial charge < -0.3 is 10.6 Å². The lowest BCUT2D eigenvalue weighted by atomic mass is 9.91. The third-order valence-corrected chi connectivity index (χ3v) is 3.55. The van der Waals surface area contributed by atoms with Crippen molar-refractivity contribution < 1.29 is 18.8 Å². The van der Waals surface area contributed by atoms with E-state index in [4.69, 9.17) is 0 Å². The summed E-state index contributed by atoms with van der Waals surface area (Å²) in [6.45, 7) is 5.89. The van der Waals surface area contributed by atoms with E-state index >= 15 is 0 Å². The zero-order valence-electron chi connectivity index (χ0n) is 14.6. The van der Waals surface area contributed by atoms with Crippen LogP contribution in [-0.4, -0.2) is 29.3 Å². The van der Waals surface area contributed by atoms with Gasteiger partial charge in [-0.2, -0.15) is 0 Å². The van der Waals surface area contributed by atoms with Crippen LogP contribution in [-0.2, 0) is 20.9 Å². The molecule has 1 aliphatic rings. The van der Waals surface area contributed by atoms with E-state index in [9.17, 15) is 18.8 Å². The van der Waals surface area contributed by atoms with Crippen LogP contribution in [0.2, 0.25) is 0 Å². The fourth-order valence-corrected chi connectivity index (χ4v) is 2.33. The summed E-state index contributed by atoms with van der Waals surface area (Å²) in [7, 11) is 0. The van der Waals surface area contributed by atoms with Crippen molar-refractivity contribution in [1.29, 1.82) is 0 Å². The Kier molecular flexibility index (Phi) is 5.56. The predicted molar refractivity (Wildman–Crippen MR) is 90.3 cm³/mol. The lowest BCUT2D eigenvalue weighted by Crippen LogP contribution is -2.49. The minimum atomic E-state index is -0.526. The molecule has 0 bridgehead atoms. The first kappa shape index (κ1) is 18.6. The van der Waals surface area contributed by atoms with Crippen molar-refractivity contribution in [2.24, 2.45) is 5.41 Å². The summed E-state index contributed by atoms with van der Waals surface area (Å²) in [5.74, 6) is -1.55. The predicted octanol–water partition coefficient (Wildman–Crippen LogP) is 1.68. The Morgan fingerprint density at radius 3 is 2.48 bits per heavy atom. The molecule has 1 aliphatic heterocycles. The van der Waals surface area contributed by atoms with Gasteiger partial charge in [-0.25, -0.2) is 4.39 Å². The normalized spacial score (nSPS) is 14.6. The molecule has 1 heterocycles. The van der Waals surface area contributed by atoms with Gasteiger partial charge in [0.05, 0.1) is 6.67 Å². The Morgan fingerprint density at radius 2 is 1.88 bits per heavy atom. The van der Waals surface area contributed by atoms with Crippen molar-refractivity contribution in [3.05, 3.63) is 47.4 Å². The van der Waals surface area contributed by atoms with Crippen molar-refractivity contribution in [2.45, 2.75) is 33.7 Å². The Labute approximate surface area is 146 Å². The highest BCUT2D eigenvalue weighted by atomic mass is 19.1. The summed E-state index contributed by atoms with van der Waals surface area (Å²) >= 11 is 0. The van der Waals surface area contributed by atoms with Gasteiger partial charge >= 0.3 is 0 Å². The van der Waals surface area contributed by atoms with Gasteiger partial charge in [0, 0.05) is 19.0 Å². The van der Waals surface area contributed by atoms with E-state index in [2.05, 4.69) is 10.6 Å².